The Kier molecular flexibility index (Phi) is 5.24. The molecule has 0 spiro atoms. The normalized spacial score (nSPS) is 14.8. The van der Waals surface area contributed by atoms with Gasteiger partial charge in [-0.3, -0.25) is 0 Å². The third-order valence-corrected chi connectivity index (χ3v) is 3.51. The molecule has 0 radical (unpaired) electrons. The fourth-order valence-electron chi connectivity index (χ4n) is 2.12. The van der Waals surface area contributed by atoms with Crippen molar-refractivity contribution in [1.29, 1.82) is 0 Å². The lowest BCUT2D eigenvalue weighted by Gasteiger charge is -2.25. The first kappa shape index (κ1) is 13.9. The van der Waals surface area contributed by atoms with Gasteiger partial charge in [-0.1, -0.05) is 26.2 Å². The molecule has 19 heavy (non-hydrogen) atoms. The van der Waals surface area contributed by atoms with E-state index in [9.17, 15) is 0 Å². The number of anilines is 1. The molecule has 0 atom stereocenters. The third kappa shape index (κ3) is 3.72. The van der Waals surface area contributed by atoms with Crippen LogP contribution in [0.4, 0.5) is 5.82 Å². The molecule has 1 aliphatic carbocycles. The SMILES string of the molecule is CCCNc1ncnc(OCCC2CCC2)c1OC. The number of ether oxygens (including phenoxy) is 2. The first-order chi connectivity index (χ1) is 9.35. The van der Waals surface area contributed by atoms with Crippen molar-refractivity contribution in [3.63, 3.8) is 0 Å². The lowest BCUT2D eigenvalue weighted by molar-refractivity contribution is 0.211. The maximum absolute atomic E-state index is 5.74. The van der Waals surface area contributed by atoms with Gasteiger partial charge in [0, 0.05) is 6.54 Å². The zero-order chi connectivity index (χ0) is 13.5. The summed E-state index contributed by atoms with van der Waals surface area (Å²) in [5, 5.41) is 3.22. The number of rotatable bonds is 8. The Hall–Kier alpha value is -1.52. The highest BCUT2D eigenvalue weighted by molar-refractivity contribution is 5.54. The molecule has 0 aliphatic heterocycles. The van der Waals surface area contributed by atoms with E-state index in [1.807, 2.05) is 0 Å². The molecule has 106 valence electrons. The Morgan fingerprint density at radius 2 is 2.21 bits per heavy atom. The van der Waals surface area contributed by atoms with Crippen molar-refractivity contribution in [2.75, 3.05) is 25.6 Å². The van der Waals surface area contributed by atoms with Crippen LogP contribution in [-0.2, 0) is 0 Å². The monoisotopic (exact) mass is 265 g/mol. The van der Waals surface area contributed by atoms with Crippen molar-refractivity contribution in [1.82, 2.24) is 9.97 Å². The minimum absolute atomic E-state index is 0.537. The van der Waals surface area contributed by atoms with E-state index >= 15 is 0 Å². The van der Waals surface area contributed by atoms with Gasteiger partial charge in [-0.05, 0) is 18.8 Å². The van der Waals surface area contributed by atoms with E-state index in [1.54, 1.807) is 7.11 Å². The summed E-state index contributed by atoms with van der Waals surface area (Å²) >= 11 is 0. The van der Waals surface area contributed by atoms with Gasteiger partial charge in [0.15, 0.2) is 5.82 Å². The molecular formula is C14H23N3O2. The summed E-state index contributed by atoms with van der Waals surface area (Å²) in [4.78, 5) is 8.35. The molecule has 2 rings (SSSR count). The van der Waals surface area contributed by atoms with Gasteiger partial charge >= 0.3 is 0 Å². The van der Waals surface area contributed by atoms with E-state index in [0.717, 1.165) is 25.3 Å². The second-order valence-corrected chi connectivity index (χ2v) is 4.92. The molecule has 1 fully saturated rings. The predicted octanol–water partition coefficient (Wildman–Crippen LogP) is 2.88. The molecule has 5 heteroatoms. The van der Waals surface area contributed by atoms with E-state index < -0.39 is 0 Å². The smallest absolute Gasteiger partial charge is 0.262 e. The van der Waals surface area contributed by atoms with Crippen LogP contribution in [0.25, 0.3) is 0 Å². The maximum atomic E-state index is 5.74. The van der Waals surface area contributed by atoms with Crippen LogP contribution in [0.2, 0.25) is 0 Å². The first-order valence-electron chi connectivity index (χ1n) is 7.10. The van der Waals surface area contributed by atoms with Gasteiger partial charge in [0.25, 0.3) is 5.88 Å². The van der Waals surface area contributed by atoms with Crippen LogP contribution in [0, 0.1) is 5.92 Å². The number of methoxy groups -OCH3 is 1. The third-order valence-electron chi connectivity index (χ3n) is 3.51. The largest absolute Gasteiger partial charge is 0.489 e. The van der Waals surface area contributed by atoms with Gasteiger partial charge in [0.05, 0.1) is 13.7 Å². The van der Waals surface area contributed by atoms with Crippen LogP contribution < -0.4 is 14.8 Å². The minimum Gasteiger partial charge on any atom is -0.489 e. The molecule has 0 unspecified atom stereocenters. The Morgan fingerprint density at radius 3 is 2.84 bits per heavy atom. The average molecular weight is 265 g/mol. The van der Waals surface area contributed by atoms with Crippen molar-refractivity contribution in [2.45, 2.75) is 39.0 Å². The van der Waals surface area contributed by atoms with Gasteiger partial charge in [0.2, 0.25) is 5.75 Å². The molecular weight excluding hydrogens is 242 g/mol. The molecule has 1 N–H and O–H groups in total. The van der Waals surface area contributed by atoms with Crippen LogP contribution in [0.3, 0.4) is 0 Å². The average Bonchev–Trinajstić information content (AvgIpc) is 2.39. The molecule has 0 saturated heterocycles. The maximum Gasteiger partial charge on any atom is 0.262 e. The van der Waals surface area contributed by atoms with Crippen LogP contribution >= 0.6 is 0 Å². The van der Waals surface area contributed by atoms with Crippen molar-refractivity contribution in [3.05, 3.63) is 6.33 Å². The van der Waals surface area contributed by atoms with Crippen LogP contribution in [0.15, 0.2) is 6.33 Å². The highest BCUT2D eigenvalue weighted by Crippen LogP contribution is 2.32. The molecule has 0 amide bonds. The second-order valence-electron chi connectivity index (χ2n) is 4.92. The van der Waals surface area contributed by atoms with E-state index in [-0.39, 0.29) is 0 Å². The zero-order valence-corrected chi connectivity index (χ0v) is 11.8. The van der Waals surface area contributed by atoms with Crippen molar-refractivity contribution >= 4 is 5.82 Å². The lowest BCUT2D eigenvalue weighted by Crippen LogP contribution is -2.15. The molecule has 1 aliphatic rings. The molecule has 1 saturated carbocycles. The summed E-state index contributed by atoms with van der Waals surface area (Å²) in [5.41, 5.74) is 0. The fraction of sp³-hybridized carbons (Fsp3) is 0.714. The van der Waals surface area contributed by atoms with E-state index in [1.165, 1.54) is 25.6 Å². The fourth-order valence-corrected chi connectivity index (χ4v) is 2.12. The zero-order valence-electron chi connectivity index (χ0n) is 11.8. The predicted molar refractivity (Wildman–Crippen MR) is 74.8 cm³/mol. The lowest BCUT2D eigenvalue weighted by atomic mass is 9.83. The van der Waals surface area contributed by atoms with Crippen LogP contribution in [-0.4, -0.2) is 30.2 Å². The highest BCUT2D eigenvalue weighted by atomic mass is 16.5. The summed E-state index contributed by atoms with van der Waals surface area (Å²) in [6.45, 7) is 3.66. The summed E-state index contributed by atoms with van der Waals surface area (Å²) in [7, 11) is 1.62. The van der Waals surface area contributed by atoms with Gasteiger partial charge in [-0.2, -0.15) is 4.98 Å². The standard InChI is InChI=1S/C14H23N3O2/c1-3-8-15-13-12(18-2)14(17-10-16-13)19-9-7-11-5-4-6-11/h10-11H,3-9H2,1-2H3,(H,15,16,17). The van der Waals surface area contributed by atoms with E-state index in [2.05, 4.69) is 22.2 Å². The minimum atomic E-state index is 0.537. The quantitative estimate of drug-likeness (QED) is 0.783. The Balaban J connectivity index is 1.93. The van der Waals surface area contributed by atoms with Crippen molar-refractivity contribution < 1.29 is 9.47 Å². The number of nitrogens with zero attached hydrogens (tertiary/aromatic N) is 2. The molecule has 1 aromatic rings. The van der Waals surface area contributed by atoms with E-state index in [4.69, 9.17) is 9.47 Å². The summed E-state index contributed by atoms with van der Waals surface area (Å²) in [6.07, 6.45) is 7.70. The second kappa shape index (κ2) is 7.16. The highest BCUT2D eigenvalue weighted by Gasteiger charge is 2.18. The van der Waals surface area contributed by atoms with Gasteiger partial charge in [-0.25, -0.2) is 4.98 Å². The molecule has 1 aromatic heterocycles. The van der Waals surface area contributed by atoms with Gasteiger partial charge in [-0.15, -0.1) is 0 Å². The van der Waals surface area contributed by atoms with Crippen LogP contribution in [0.5, 0.6) is 11.6 Å². The number of nitrogens with one attached hydrogen (secondary N) is 1. The molecule has 5 nitrogen and oxygen atoms in total. The molecule has 0 bridgehead atoms. The topological polar surface area (TPSA) is 56.3 Å². The van der Waals surface area contributed by atoms with E-state index in [0.29, 0.717) is 24.1 Å². The van der Waals surface area contributed by atoms with Gasteiger partial charge < -0.3 is 14.8 Å². The van der Waals surface area contributed by atoms with Gasteiger partial charge in [0.1, 0.15) is 6.33 Å². The molecule has 0 aromatic carbocycles. The summed E-state index contributed by atoms with van der Waals surface area (Å²) < 4.78 is 11.1. The van der Waals surface area contributed by atoms with Crippen molar-refractivity contribution in [3.8, 4) is 11.6 Å². The Morgan fingerprint density at radius 1 is 1.37 bits per heavy atom. The van der Waals surface area contributed by atoms with Crippen LogP contribution in [0.1, 0.15) is 39.0 Å². The Labute approximate surface area is 114 Å². The number of hydrogen-bond donors (Lipinski definition) is 1. The first-order valence-corrected chi connectivity index (χ1v) is 7.10. The van der Waals surface area contributed by atoms with Crippen molar-refractivity contribution in [2.24, 2.45) is 5.92 Å². The summed E-state index contributed by atoms with van der Waals surface area (Å²) in [6, 6.07) is 0. The number of aromatic nitrogens is 2. The summed E-state index contributed by atoms with van der Waals surface area (Å²) in [5.74, 6) is 2.68. The number of hydrogen-bond acceptors (Lipinski definition) is 5. The molecule has 1 heterocycles. The Bertz CT molecular complexity index is 394.